The van der Waals surface area contributed by atoms with E-state index >= 15 is 0 Å². The molecule has 2 aliphatic rings. The molecule has 0 fully saturated rings. The van der Waals surface area contributed by atoms with E-state index in [4.69, 9.17) is 21.4 Å². The second-order valence-corrected chi connectivity index (χ2v) is 15.8. The van der Waals surface area contributed by atoms with Gasteiger partial charge in [0.2, 0.25) is 11.3 Å². The zero-order chi connectivity index (χ0) is 36.3. The number of thiocarbonyl (C=S) groups is 1. The molecule has 2 aromatic carbocycles. The molecule has 1 aliphatic carbocycles. The minimum absolute atomic E-state index is 0.00643. The van der Waals surface area contributed by atoms with Crippen LogP contribution < -0.4 is 20.1 Å². The Bertz CT molecular complexity index is 1910. The molecule has 50 heavy (non-hydrogen) atoms. The Kier molecular flexibility index (Phi) is 14.3. The molecule has 0 saturated heterocycles. The second-order valence-electron chi connectivity index (χ2n) is 11.8. The van der Waals surface area contributed by atoms with Crippen molar-refractivity contribution in [1.82, 2.24) is 9.89 Å². The molecular formula is C39H47N4O4S3+. The third-order valence-corrected chi connectivity index (χ3v) is 11.3. The van der Waals surface area contributed by atoms with E-state index in [0.717, 1.165) is 76.4 Å². The molecule has 0 bridgehead atoms. The fourth-order valence-electron chi connectivity index (χ4n) is 5.92. The summed E-state index contributed by atoms with van der Waals surface area (Å²) in [5, 5.41) is 14.5. The molecule has 0 saturated carbocycles. The molecular weight excluding hydrogens is 685 g/mol. The summed E-state index contributed by atoms with van der Waals surface area (Å²) in [6, 6.07) is 22.3. The van der Waals surface area contributed by atoms with Gasteiger partial charge in [-0.05, 0) is 76.6 Å². The number of thioether (sulfide) groups is 2. The Morgan fingerprint density at radius 3 is 2.44 bits per heavy atom. The lowest BCUT2D eigenvalue weighted by Gasteiger charge is -2.22. The van der Waals surface area contributed by atoms with E-state index in [2.05, 4.69) is 85.0 Å². The van der Waals surface area contributed by atoms with Crippen molar-refractivity contribution >= 4 is 67.8 Å². The molecule has 0 aromatic heterocycles. The van der Waals surface area contributed by atoms with Gasteiger partial charge in [0.05, 0.1) is 24.2 Å². The van der Waals surface area contributed by atoms with Gasteiger partial charge < -0.3 is 19.4 Å². The van der Waals surface area contributed by atoms with Crippen molar-refractivity contribution in [2.45, 2.75) is 59.1 Å². The lowest BCUT2D eigenvalue weighted by Crippen LogP contribution is -2.30. The molecule has 11 heteroatoms. The lowest BCUT2D eigenvalue weighted by molar-refractivity contribution is -0.121. The molecule has 1 N–H and O–H groups in total. The number of amides is 1. The van der Waals surface area contributed by atoms with Gasteiger partial charge in [-0.3, -0.25) is 4.79 Å². The maximum absolute atomic E-state index is 13.6. The third-order valence-electron chi connectivity index (χ3n) is 8.66. The maximum atomic E-state index is 13.6. The Hall–Kier alpha value is -3.85. The molecule has 1 amide bonds. The van der Waals surface area contributed by atoms with E-state index in [1.54, 1.807) is 13.0 Å². The van der Waals surface area contributed by atoms with E-state index < -0.39 is 10.7 Å². The van der Waals surface area contributed by atoms with Gasteiger partial charge in [0.15, 0.2) is 0 Å². The smallest absolute Gasteiger partial charge is 0.338 e. The molecule has 8 nitrogen and oxygen atoms in total. The van der Waals surface area contributed by atoms with E-state index in [-0.39, 0.29) is 25.5 Å². The Labute approximate surface area is 309 Å². The minimum Gasteiger partial charge on any atom is -0.460 e. The van der Waals surface area contributed by atoms with Crippen LogP contribution in [0.25, 0.3) is 33.4 Å². The van der Waals surface area contributed by atoms with E-state index in [1.807, 2.05) is 25.1 Å². The summed E-state index contributed by atoms with van der Waals surface area (Å²) in [7, 11) is 0. The first-order chi connectivity index (χ1) is 24.1. The van der Waals surface area contributed by atoms with E-state index in [0.29, 0.717) is 15.5 Å². The van der Waals surface area contributed by atoms with E-state index in [1.165, 1.54) is 23.5 Å². The average Bonchev–Trinajstić information content (AvgIpc) is 3.12. The zero-order valence-electron chi connectivity index (χ0n) is 29.8. The molecule has 0 spiro atoms. The summed E-state index contributed by atoms with van der Waals surface area (Å²) in [6.07, 6.45) is 0.522. The molecule has 1 heterocycles. The molecule has 1 unspecified atom stereocenters. The standard InChI is InChI=1S/C39H46N4O4S3/c1-7-42(8-2)27-16-18-31-33(24-27)47-34-25-28(43(9-3)10-4)17-19-32(34)36(31)29-14-12-13-15-30(29)37(45)46-23-22-41-35(44)20-21-39(6,26-40)50-38(48)49-11-5/h12-19,24-25H,7-11,20-23H2,1-6H3/p+1. The van der Waals surface area contributed by atoms with Crippen LogP contribution in [0.15, 0.2) is 65.1 Å². The van der Waals surface area contributed by atoms with Gasteiger partial charge in [-0.25, -0.2) is 9.37 Å². The number of hydrogen-bond acceptors (Lipinski definition) is 9. The number of hydrogen-bond donors (Lipinski definition) is 1. The van der Waals surface area contributed by atoms with Crippen LogP contribution in [0.4, 0.5) is 5.69 Å². The predicted octanol–water partition coefficient (Wildman–Crippen LogP) is 7.97. The van der Waals surface area contributed by atoms with Crippen molar-refractivity contribution in [1.29, 1.82) is 5.26 Å². The largest absolute Gasteiger partial charge is 0.460 e. The van der Waals surface area contributed by atoms with Crippen LogP contribution in [0.3, 0.4) is 0 Å². The highest BCUT2D eigenvalue weighted by Crippen LogP contribution is 2.42. The molecule has 0 radical (unpaired) electrons. The Morgan fingerprint density at radius 2 is 1.76 bits per heavy atom. The summed E-state index contributed by atoms with van der Waals surface area (Å²) in [5.74, 6) is 0.876. The second kappa shape index (κ2) is 18.4. The van der Waals surface area contributed by atoms with Gasteiger partial charge in [0.1, 0.15) is 39.3 Å². The van der Waals surface area contributed by atoms with Crippen LogP contribution in [0.2, 0.25) is 0 Å². The number of nitriles is 1. The molecule has 1 atom stereocenters. The molecule has 1 aliphatic heterocycles. The number of nitrogens with one attached hydrogen (secondary N) is 1. The van der Waals surface area contributed by atoms with Gasteiger partial charge in [0.25, 0.3) is 0 Å². The summed E-state index contributed by atoms with van der Waals surface area (Å²) in [6.45, 7) is 16.0. The number of benzene rings is 3. The van der Waals surface area contributed by atoms with Crippen LogP contribution in [0, 0.1) is 11.3 Å². The van der Waals surface area contributed by atoms with Gasteiger partial charge in [-0.2, -0.15) is 5.26 Å². The van der Waals surface area contributed by atoms with Crippen molar-refractivity contribution in [3.63, 3.8) is 0 Å². The predicted molar refractivity (Wildman–Crippen MR) is 213 cm³/mol. The fraction of sp³-hybridized carbons (Fsp3) is 0.410. The van der Waals surface area contributed by atoms with Gasteiger partial charge >= 0.3 is 5.97 Å². The SMILES string of the molecule is CCSC(=S)SC(C)(C#N)CCC(=O)NCCOC(=O)c1ccccc1-c1c2ccc(=[N+](CC)CC)cc-2oc2cc(N(CC)CC)ccc12. The minimum atomic E-state index is -0.786. The van der Waals surface area contributed by atoms with Gasteiger partial charge in [-0.15, -0.1) is 11.8 Å². The van der Waals surface area contributed by atoms with Crippen LogP contribution >= 0.6 is 35.7 Å². The van der Waals surface area contributed by atoms with Crippen molar-refractivity contribution in [3.05, 3.63) is 71.6 Å². The van der Waals surface area contributed by atoms with Gasteiger partial charge in [-0.1, -0.05) is 49.1 Å². The first-order valence-electron chi connectivity index (χ1n) is 17.2. The van der Waals surface area contributed by atoms with Crippen LogP contribution in [-0.4, -0.2) is 65.2 Å². The first-order valence-corrected chi connectivity index (χ1v) is 19.5. The highest BCUT2D eigenvalue weighted by Gasteiger charge is 2.28. The highest BCUT2D eigenvalue weighted by molar-refractivity contribution is 8.47. The zero-order valence-corrected chi connectivity index (χ0v) is 32.3. The topological polar surface area (TPSA) is 98.6 Å². The summed E-state index contributed by atoms with van der Waals surface area (Å²) in [4.78, 5) is 28.5. The summed E-state index contributed by atoms with van der Waals surface area (Å²) in [5.41, 5.74) is 4.77. The number of nitrogens with zero attached hydrogens (tertiary/aromatic N) is 3. The van der Waals surface area contributed by atoms with Crippen molar-refractivity contribution in [3.8, 4) is 28.5 Å². The van der Waals surface area contributed by atoms with Gasteiger partial charge in [0, 0.05) is 53.8 Å². The van der Waals surface area contributed by atoms with Crippen molar-refractivity contribution in [2.24, 2.45) is 0 Å². The Balaban J connectivity index is 1.60. The number of anilines is 1. The molecule has 2 aromatic rings. The third kappa shape index (κ3) is 9.47. The maximum Gasteiger partial charge on any atom is 0.338 e. The van der Waals surface area contributed by atoms with Crippen LogP contribution in [0.1, 0.15) is 64.7 Å². The highest BCUT2D eigenvalue weighted by atomic mass is 32.2. The average molecular weight is 732 g/mol. The van der Waals surface area contributed by atoms with Crippen LogP contribution in [0.5, 0.6) is 0 Å². The summed E-state index contributed by atoms with van der Waals surface area (Å²) < 4.78 is 14.5. The normalized spacial score (nSPS) is 12.3. The Morgan fingerprint density at radius 1 is 1.02 bits per heavy atom. The number of carbonyl (C=O) groups is 2. The monoisotopic (exact) mass is 731 g/mol. The number of fused-ring (bicyclic) bond motifs is 2. The molecule has 264 valence electrons. The fourth-order valence-corrected chi connectivity index (χ4v) is 8.82. The number of rotatable bonds is 15. The lowest BCUT2D eigenvalue weighted by atomic mass is 9.90. The van der Waals surface area contributed by atoms with Crippen LogP contribution in [-0.2, 0) is 9.53 Å². The molecule has 4 rings (SSSR count). The number of ether oxygens (including phenoxy) is 1. The number of carbonyl (C=O) groups excluding carboxylic acids is 2. The number of esters is 1. The van der Waals surface area contributed by atoms with Crippen molar-refractivity contribution < 1.29 is 18.7 Å². The van der Waals surface area contributed by atoms with E-state index in [9.17, 15) is 14.9 Å². The summed E-state index contributed by atoms with van der Waals surface area (Å²) >= 11 is 8.19. The van der Waals surface area contributed by atoms with Crippen molar-refractivity contribution in [2.75, 3.05) is 50.0 Å². The quantitative estimate of drug-likeness (QED) is 0.0429. The first kappa shape index (κ1) is 38.9.